The molecule has 1 aromatic rings. The number of halogens is 1. The van der Waals surface area contributed by atoms with Crippen LogP contribution in [0.3, 0.4) is 0 Å². The molecule has 1 fully saturated rings. The quantitative estimate of drug-likeness (QED) is 0.847. The molecule has 86 valence electrons. The van der Waals surface area contributed by atoms with E-state index in [2.05, 4.69) is 5.32 Å². The van der Waals surface area contributed by atoms with Crippen LogP contribution in [-0.4, -0.2) is 11.4 Å². The molecule has 1 aliphatic carbocycles. The van der Waals surface area contributed by atoms with Crippen molar-refractivity contribution in [2.45, 2.75) is 25.3 Å². The smallest absolute Gasteiger partial charge is 0.243 e. The maximum atomic E-state index is 11.5. The number of hydrogen-bond donors (Lipinski definition) is 2. The summed E-state index contributed by atoms with van der Waals surface area (Å²) in [5, 5.41) is 3.79. The molecule has 0 aromatic heterocycles. The van der Waals surface area contributed by atoms with E-state index >= 15 is 0 Å². The van der Waals surface area contributed by atoms with E-state index in [1.165, 1.54) is 0 Å². The summed E-state index contributed by atoms with van der Waals surface area (Å²) in [6, 6.07) is 7.37. The Morgan fingerprint density at radius 1 is 1.50 bits per heavy atom. The van der Waals surface area contributed by atoms with Gasteiger partial charge in [0.2, 0.25) is 5.91 Å². The van der Waals surface area contributed by atoms with Crippen LogP contribution in [0.5, 0.6) is 0 Å². The van der Waals surface area contributed by atoms with Gasteiger partial charge in [-0.1, -0.05) is 23.7 Å². The summed E-state index contributed by atoms with van der Waals surface area (Å²) < 4.78 is 0. The third-order valence-electron chi connectivity index (χ3n) is 3.17. The van der Waals surface area contributed by atoms with Gasteiger partial charge in [-0.2, -0.15) is 0 Å². The largest absolute Gasteiger partial charge is 0.370 e. The van der Waals surface area contributed by atoms with Crippen LogP contribution in [0.15, 0.2) is 24.3 Å². The molecule has 1 aliphatic rings. The number of carbonyl (C=O) groups excluding carboxylic acids is 1. The van der Waals surface area contributed by atoms with Crippen LogP contribution in [-0.2, 0) is 4.79 Å². The predicted molar refractivity (Wildman–Crippen MR) is 65.4 cm³/mol. The first kappa shape index (κ1) is 11.3. The fraction of sp³-hybridized carbons (Fsp3) is 0.417. The zero-order valence-corrected chi connectivity index (χ0v) is 9.92. The Hall–Kier alpha value is -1.22. The lowest BCUT2D eigenvalue weighted by Gasteiger charge is -2.29. The molecule has 0 bridgehead atoms. The number of para-hydroxylation sites is 1. The summed E-state index contributed by atoms with van der Waals surface area (Å²) in [5.41, 5.74) is 5.54. The summed E-state index contributed by atoms with van der Waals surface area (Å²) in [4.78, 5) is 11.5. The normalized spacial score (nSPS) is 18.9. The minimum absolute atomic E-state index is 0.321. The maximum absolute atomic E-state index is 11.5. The van der Waals surface area contributed by atoms with Crippen molar-refractivity contribution in [2.75, 3.05) is 5.32 Å². The highest BCUT2D eigenvalue weighted by atomic mass is 35.5. The molecule has 0 saturated heterocycles. The second-order valence-corrected chi connectivity index (χ2v) is 4.85. The van der Waals surface area contributed by atoms with Crippen LogP contribution in [0, 0.1) is 5.92 Å². The summed E-state index contributed by atoms with van der Waals surface area (Å²) in [5.74, 6) is -0.00353. The topological polar surface area (TPSA) is 55.1 Å². The van der Waals surface area contributed by atoms with Gasteiger partial charge in [0.25, 0.3) is 0 Å². The van der Waals surface area contributed by atoms with Gasteiger partial charge >= 0.3 is 0 Å². The first-order valence-electron chi connectivity index (χ1n) is 5.36. The number of anilines is 1. The van der Waals surface area contributed by atoms with E-state index in [0.717, 1.165) is 18.5 Å². The Labute approximate surface area is 100.0 Å². The van der Waals surface area contributed by atoms with Gasteiger partial charge in [0.05, 0.1) is 10.7 Å². The third-order valence-corrected chi connectivity index (χ3v) is 3.50. The van der Waals surface area contributed by atoms with Gasteiger partial charge in [-0.25, -0.2) is 0 Å². The molecule has 0 spiro atoms. The molecule has 1 amide bonds. The number of rotatable bonds is 4. The molecule has 1 aromatic carbocycles. The number of nitrogens with one attached hydrogen (secondary N) is 1. The van der Waals surface area contributed by atoms with Crippen LogP contribution < -0.4 is 11.1 Å². The third kappa shape index (κ3) is 2.00. The molecule has 2 rings (SSSR count). The van der Waals surface area contributed by atoms with Gasteiger partial charge in [0.1, 0.15) is 5.54 Å². The average Bonchev–Trinajstić information content (AvgIpc) is 3.04. The molecule has 4 heteroatoms. The van der Waals surface area contributed by atoms with Crippen LogP contribution in [0.2, 0.25) is 5.02 Å². The zero-order chi connectivity index (χ0) is 11.8. The molecule has 0 radical (unpaired) electrons. The lowest BCUT2D eigenvalue weighted by Crippen LogP contribution is -2.49. The Balaban J connectivity index is 2.24. The van der Waals surface area contributed by atoms with Gasteiger partial charge in [-0.05, 0) is 37.8 Å². The molecule has 3 N–H and O–H groups in total. The Bertz CT molecular complexity index is 417. The number of hydrogen-bond acceptors (Lipinski definition) is 2. The van der Waals surface area contributed by atoms with Crippen molar-refractivity contribution >= 4 is 23.2 Å². The van der Waals surface area contributed by atoms with E-state index in [4.69, 9.17) is 17.3 Å². The second-order valence-electron chi connectivity index (χ2n) is 4.45. The van der Waals surface area contributed by atoms with E-state index in [0.29, 0.717) is 10.9 Å². The molecular weight excluding hydrogens is 224 g/mol. The fourth-order valence-electron chi connectivity index (χ4n) is 1.87. The number of nitrogens with two attached hydrogens (primary N) is 1. The van der Waals surface area contributed by atoms with Gasteiger partial charge < -0.3 is 11.1 Å². The molecule has 0 heterocycles. The van der Waals surface area contributed by atoms with Gasteiger partial charge in [0.15, 0.2) is 0 Å². The van der Waals surface area contributed by atoms with Crippen LogP contribution in [0.4, 0.5) is 5.69 Å². The van der Waals surface area contributed by atoms with Crippen LogP contribution in [0.25, 0.3) is 0 Å². The van der Waals surface area contributed by atoms with E-state index in [-0.39, 0.29) is 5.91 Å². The van der Waals surface area contributed by atoms with Crippen molar-refractivity contribution in [3.8, 4) is 0 Å². The van der Waals surface area contributed by atoms with Gasteiger partial charge in [-0.15, -0.1) is 0 Å². The Morgan fingerprint density at radius 2 is 2.12 bits per heavy atom. The SMILES string of the molecule is CC(Nc1ccccc1Cl)(C(N)=O)C1CC1. The van der Waals surface area contributed by atoms with E-state index in [9.17, 15) is 4.79 Å². The minimum atomic E-state index is -0.689. The minimum Gasteiger partial charge on any atom is -0.370 e. The van der Waals surface area contributed by atoms with Crippen molar-refractivity contribution in [3.63, 3.8) is 0 Å². The van der Waals surface area contributed by atoms with Crippen molar-refractivity contribution in [1.29, 1.82) is 0 Å². The maximum Gasteiger partial charge on any atom is 0.243 e. The molecule has 1 saturated carbocycles. The molecule has 0 aliphatic heterocycles. The highest BCUT2D eigenvalue weighted by Crippen LogP contribution is 2.42. The standard InChI is InChI=1S/C12H15ClN2O/c1-12(11(14)16,8-6-7-8)15-10-5-3-2-4-9(10)13/h2-5,8,15H,6-7H2,1H3,(H2,14,16). The Kier molecular flexibility index (Phi) is 2.80. The van der Waals surface area contributed by atoms with Crippen LogP contribution >= 0.6 is 11.6 Å². The van der Waals surface area contributed by atoms with E-state index in [1.54, 1.807) is 6.07 Å². The lowest BCUT2D eigenvalue weighted by molar-refractivity contribution is -0.122. The molecule has 3 nitrogen and oxygen atoms in total. The van der Waals surface area contributed by atoms with E-state index in [1.807, 2.05) is 25.1 Å². The van der Waals surface area contributed by atoms with Crippen molar-refractivity contribution < 1.29 is 4.79 Å². The molecular formula is C12H15ClN2O. The summed E-state index contributed by atoms with van der Waals surface area (Å²) >= 11 is 6.05. The number of benzene rings is 1. The number of amides is 1. The zero-order valence-electron chi connectivity index (χ0n) is 9.16. The van der Waals surface area contributed by atoms with Gasteiger partial charge in [-0.3, -0.25) is 4.79 Å². The number of primary amides is 1. The Morgan fingerprint density at radius 3 is 2.62 bits per heavy atom. The first-order chi connectivity index (χ1) is 7.54. The second kappa shape index (κ2) is 3.98. The number of carbonyl (C=O) groups is 1. The molecule has 1 unspecified atom stereocenters. The predicted octanol–water partition coefficient (Wildman–Crippen LogP) is 2.41. The highest BCUT2D eigenvalue weighted by Gasteiger charge is 2.46. The molecule has 16 heavy (non-hydrogen) atoms. The first-order valence-corrected chi connectivity index (χ1v) is 5.74. The summed E-state index contributed by atoms with van der Waals surface area (Å²) in [6.07, 6.45) is 2.08. The van der Waals surface area contributed by atoms with Gasteiger partial charge in [0, 0.05) is 0 Å². The monoisotopic (exact) mass is 238 g/mol. The highest BCUT2D eigenvalue weighted by molar-refractivity contribution is 6.33. The van der Waals surface area contributed by atoms with Crippen molar-refractivity contribution in [2.24, 2.45) is 11.7 Å². The van der Waals surface area contributed by atoms with Crippen LogP contribution in [0.1, 0.15) is 19.8 Å². The fourth-order valence-corrected chi connectivity index (χ4v) is 2.05. The average molecular weight is 239 g/mol. The lowest BCUT2D eigenvalue weighted by atomic mass is 9.94. The molecule has 1 atom stereocenters. The summed E-state index contributed by atoms with van der Waals surface area (Å²) in [6.45, 7) is 1.84. The van der Waals surface area contributed by atoms with Crippen molar-refractivity contribution in [3.05, 3.63) is 29.3 Å². The van der Waals surface area contributed by atoms with E-state index < -0.39 is 5.54 Å². The van der Waals surface area contributed by atoms with Crippen molar-refractivity contribution in [1.82, 2.24) is 0 Å². The summed E-state index contributed by atoms with van der Waals surface area (Å²) in [7, 11) is 0.